The molecule has 1 amide bonds. The van der Waals surface area contributed by atoms with E-state index in [1.807, 2.05) is 26.8 Å². The Hall–Kier alpha value is -1.46. The zero-order valence-corrected chi connectivity index (χ0v) is 12.1. The van der Waals surface area contributed by atoms with Crippen molar-refractivity contribution in [2.45, 2.75) is 26.3 Å². The van der Waals surface area contributed by atoms with Crippen LogP contribution in [0.15, 0.2) is 12.3 Å². The summed E-state index contributed by atoms with van der Waals surface area (Å²) in [6.07, 6.45) is 1.79. The van der Waals surface area contributed by atoms with Crippen molar-refractivity contribution in [3.05, 3.63) is 28.3 Å². The van der Waals surface area contributed by atoms with Gasteiger partial charge in [-0.05, 0) is 38.0 Å². The van der Waals surface area contributed by atoms with Crippen LogP contribution < -0.4 is 5.32 Å². The van der Waals surface area contributed by atoms with E-state index in [9.17, 15) is 4.79 Å². The lowest BCUT2D eigenvalue weighted by molar-refractivity contribution is -0.0593. The molecular weight excluding hydrogens is 260 g/mol. The summed E-state index contributed by atoms with van der Waals surface area (Å²) in [4.78, 5) is 18.4. The van der Waals surface area contributed by atoms with Crippen LogP contribution in [0.25, 0.3) is 10.2 Å². The van der Waals surface area contributed by atoms with Gasteiger partial charge in [0.2, 0.25) is 0 Å². The number of nitrogens with zero attached hydrogens (tertiary/aromatic N) is 1. The van der Waals surface area contributed by atoms with Gasteiger partial charge < -0.3 is 10.1 Å². The highest BCUT2D eigenvalue weighted by atomic mass is 32.1. The lowest BCUT2D eigenvalue weighted by atomic mass is 10.0. The molecule has 100 valence electrons. The third-order valence-corrected chi connectivity index (χ3v) is 4.70. The topological polar surface area (TPSA) is 51.2 Å². The van der Waals surface area contributed by atoms with E-state index in [4.69, 9.17) is 4.74 Å². The molecule has 0 aliphatic carbocycles. The Kier molecular flexibility index (Phi) is 2.83. The van der Waals surface area contributed by atoms with E-state index in [-0.39, 0.29) is 11.4 Å². The number of pyridine rings is 1. The second-order valence-corrected chi connectivity index (χ2v) is 6.37. The molecular formula is C14H16N2O2S. The van der Waals surface area contributed by atoms with Crippen molar-refractivity contribution in [2.24, 2.45) is 0 Å². The number of amides is 1. The van der Waals surface area contributed by atoms with E-state index >= 15 is 0 Å². The molecule has 0 saturated carbocycles. The summed E-state index contributed by atoms with van der Waals surface area (Å²) in [5, 5.41) is 4.15. The van der Waals surface area contributed by atoms with Crippen molar-refractivity contribution < 1.29 is 9.53 Å². The number of aromatic nitrogens is 1. The maximum atomic E-state index is 12.4. The van der Waals surface area contributed by atoms with Gasteiger partial charge in [0.15, 0.2) is 0 Å². The minimum absolute atomic E-state index is 0.0225. The molecule has 0 radical (unpaired) electrons. The van der Waals surface area contributed by atoms with E-state index in [0.29, 0.717) is 13.2 Å². The average Bonchev–Trinajstić information content (AvgIpc) is 2.66. The fraction of sp³-hybridized carbons (Fsp3) is 0.429. The average molecular weight is 276 g/mol. The smallest absolute Gasteiger partial charge is 0.262 e. The van der Waals surface area contributed by atoms with Gasteiger partial charge in [0, 0.05) is 11.6 Å². The van der Waals surface area contributed by atoms with Crippen LogP contribution in [0.2, 0.25) is 0 Å². The van der Waals surface area contributed by atoms with Crippen molar-refractivity contribution in [1.29, 1.82) is 0 Å². The minimum Gasteiger partial charge on any atom is -0.376 e. The molecule has 0 spiro atoms. The summed E-state index contributed by atoms with van der Waals surface area (Å²) in [6, 6.07) is 1.98. The number of fused-ring (bicyclic) bond motifs is 1. The third-order valence-electron chi connectivity index (χ3n) is 3.50. The Morgan fingerprint density at radius 2 is 2.21 bits per heavy atom. The Balaban J connectivity index is 1.98. The Bertz CT molecular complexity index is 659. The third kappa shape index (κ3) is 2.03. The van der Waals surface area contributed by atoms with Crippen molar-refractivity contribution in [3.8, 4) is 0 Å². The molecule has 0 aromatic carbocycles. The molecule has 19 heavy (non-hydrogen) atoms. The predicted octanol–water partition coefficient (Wildman–Crippen LogP) is 2.43. The zero-order chi connectivity index (χ0) is 13.6. The van der Waals surface area contributed by atoms with Gasteiger partial charge in [-0.1, -0.05) is 0 Å². The van der Waals surface area contributed by atoms with Crippen molar-refractivity contribution in [3.63, 3.8) is 0 Å². The summed E-state index contributed by atoms with van der Waals surface area (Å²) in [6.45, 7) is 7.20. The maximum absolute atomic E-state index is 12.4. The monoisotopic (exact) mass is 276 g/mol. The quantitative estimate of drug-likeness (QED) is 0.916. The molecule has 0 bridgehead atoms. The van der Waals surface area contributed by atoms with Gasteiger partial charge in [-0.25, -0.2) is 4.98 Å². The molecule has 4 nitrogen and oxygen atoms in total. The fourth-order valence-electron chi connectivity index (χ4n) is 2.38. The van der Waals surface area contributed by atoms with E-state index < -0.39 is 0 Å². The zero-order valence-electron chi connectivity index (χ0n) is 11.2. The molecule has 1 saturated heterocycles. The molecule has 3 rings (SSSR count). The highest BCUT2D eigenvalue weighted by Crippen LogP contribution is 2.31. The number of carbonyl (C=O) groups is 1. The van der Waals surface area contributed by atoms with Crippen LogP contribution in [0, 0.1) is 13.8 Å². The summed E-state index contributed by atoms with van der Waals surface area (Å²) < 4.78 is 5.16. The number of nitrogens with one attached hydrogen (secondary N) is 1. The fourth-order valence-corrected chi connectivity index (χ4v) is 3.50. The van der Waals surface area contributed by atoms with Crippen LogP contribution in [-0.4, -0.2) is 29.6 Å². The molecule has 2 aromatic heterocycles. The van der Waals surface area contributed by atoms with Crippen molar-refractivity contribution in [1.82, 2.24) is 10.3 Å². The molecule has 1 fully saturated rings. The second-order valence-electron chi connectivity index (χ2n) is 5.37. The molecule has 0 unspecified atom stereocenters. The SMILES string of the molecule is Cc1ccnc2sc(C(=O)NC3(C)COC3)c(C)c12. The first kappa shape index (κ1) is 12.6. The number of hydrogen-bond acceptors (Lipinski definition) is 4. The van der Waals surface area contributed by atoms with Crippen LogP contribution in [0.3, 0.4) is 0 Å². The number of ether oxygens (including phenoxy) is 1. The minimum atomic E-state index is -0.220. The summed E-state index contributed by atoms with van der Waals surface area (Å²) in [5.41, 5.74) is 1.96. The van der Waals surface area contributed by atoms with Crippen LogP contribution in [0.1, 0.15) is 27.7 Å². The highest BCUT2D eigenvalue weighted by molar-refractivity contribution is 7.20. The maximum Gasteiger partial charge on any atom is 0.262 e. The molecule has 2 aromatic rings. The van der Waals surface area contributed by atoms with Crippen LogP contribution in [0.4, 0.5) is 0 Å². The number of hydrogen-bond donors (Lipinski definition) is 1. The molecule has 0 atom stereocenters. The van der Waals surface area contributed by atoms with Crippen LogP contribution in [-0.2, 0) is 4.74 Å². The van der Waals surface area contributed by atoms with E-state index in [2.05, 4.69) is 10.3 Å². The molecule has 1 aliphatic heterocycles. The lowest BCUT2D eigenvalue weighted by Crippen LogP contribution is -2.59. The molecule has 1 N–H and O–H groups in total. The standard InChI is InChI=1S/C14H16N2O2S/c1-8-4-5-15-13-10(8)9(2)11(19-13)12(17)16-14(3)6-18-7-14/h4-5H,6-7H2,1-3H3,(H,16,17). The summed E-state index contributed by atoms with van der Waals surface area (Å²) >= 11 is 1.46. The van der Waals surface area contributed by atoms with Gasteiger partial charge in [0.1, 0.15) is 4.83 Å². The normalized spacial score (nSPS) is 17.2. The van der Waals surface area contributed by atoms with Crippen molar-refractivity contribution >= 4 is 27.5 Å². The number of rotatable bonds is 2. The molecule has 1 aliphatic rings. The lowest BCUT2D eigenvalue weighted by Gasteiger charge is -2.38. The highest BCUT2D eigenvalue weighted by Gasteiger charge is 2.35. The van der Waals surface area contributed by atoms with Gasteiger partial charge in [0.05, 0.1) is 23.6 Å². The summed E-state index contributed by atoms with van der Waals surface area (Å²) in [7, 11) is 0. The van der Waals surface area contributed by atoms with E-state index in [1.165, 1.54) is 11.3 Å². The number of carbonyl (C=O) groups excluding carboxylic acids is 1. The first-order valence-corrected chi connectivity index (χ1v) is 7.07. The van der Waals surface area contributed by atoms with Crippen LogP contribution in [0.5, 0.6) is 0 Å². The largest absolute Gasteiger partial charge is 0.376 e. The predicted molar refractivity (Wildman–Crippen MR) is 75.8 cm³/mol. The number of aryl methyl sites for hydroxylation is 2. The van der Waals surface area contributed by atoms with Gasteiger partial charge in [0.25, 0.3) is 5.91 Å². The molecule has 5 heteroatoms. The first-order valence-electron chi connectivity index (χ1n) is 6.25. The van der Waals surface area contributed by atoms with E-state index in [0.717, 1.165) is 26.2 Å². The first-order chi connectivity index (χ1) is 9.00. The number of thiophene rings is 1. The van der Waals surface area contributed by atoms with Crippen molar-refractivity contribution in [2.75, 3.05) is 13.2 Å². The van der Waals surface area contributed by atoms with E-state index in [1.54, 1.807) is 6.20 Å². The Morgan fingerprint density at radius 3 is 2.79 bits per heavy atom. The van der Waals surface area contributed by atoms with Gasteiger partial charge in [-0.3, -0.25) is 4.79 Å². The molecule has 3 heterocycles. The van der Waals surface area contributed by atoms with Gasteiger partial charge >= 0.3 is 0 Å². The Labute approximate surface area is 115 Å². The summed E-state index contributed by atoms with van der Waals surface area (Å²) in [5.74, 6) is -0.0225. The second kappa shape index (κ2) is 4.28. The Morgan fingerprint density at radius 1 is 1.47 bits per heavy atom. The van der Waals surface area contributed by atoms with Gasteiger partial charge in [-0.2, -0.15) is 0 Å². The van der Waals surface area contributed by atoms with Crippen LogP contribution >= 0.6 is 11.3 Å². The van der Waals surface area contributed by atoms with Gasteiger partial charge in [-0.15, -0.1) is 11.3 Å².